The fourth-order valence-electron chi connectivity index (χ4n) is 2.02. The molecule has 4 heteroatoms. The Morgan fingerprint density at radius 1 is 1.71 bits per heavy atom. The Bertz CT molecular complexity index is 310. The average Bonchev–Trinajstić information content (AvgIpc) is 2.74. The zero-order valence-electron chi connectivity index (χ0n) is 8.10. The van der Waals surface area contributed by atoms with Gasteiger partial charge in [-0.2, -0.15) is 0 Å². The minimum absolute atomic E-state index is 0.0291. The summed E-state index contributed by atoms with van der Waals surface area (Å²) >= 11 is 1.55. The van der Waals surface area contributed by atoms with Crippen LogP contribution in [0.15, 0.2) is 10.9 Å². The first-order valence-electron chi connectivity index (χ1n) is 4.71. The molecule has 0 saturated heterocycles. The van der Waals surface area contributed by atoms with Gasteiger partial charge in [0.1, 0.15) is 5.78 Å². The molecule has 1 fully saturated rings. The molecule has 3 nitrogen and oxygen atoms in total. The lowest BCUT2D eigenvalue weighted by Crippen LogP contribution is -2.03. The normalized spacial score (nSPS) is 27.1. The Balaban J connectivity index is 2.05. The van der Waals surface area contributed by atoms with Crippen molar-refractivity contribution in [3.8, 4) is 0 Å². The zero-order chi connectivity index (χ0) is 9.97. The second-order valence-electron chi connectivity index (χ2n) is 3.69. The summed E-state index contributed by atoms with van der Waals surface area (Å²) < 4.78 is 5.07. The fourth-order valence-corrected chi connectivity index (χ4v) is 2.63. The molecule has 0 bridgehead atoms. The molecule has 76 valence electrons. The van der Waals surface area contributed by atoms with Crippen molar-refractivity contribution < 1.29 is 9.53 Å². The number of ether oxygens (including phenoxy) is 1. The van der Waals surface area contributed by atoms with Crippen LogP contribution in [-0.2, 0) is 9.53 Å². The molecule has 1 aliphatic carbocycles. The van der Waals surface area contributed by atoms with Crippen molar-refractivity contribution in [1.29, 1.82) is 0 Å². The summed E-state index contributed by atoms with van der Waals surface area (Å²) in [5, 5.41) is 1.97. The van der Waals surface area contributed by atoms with E-state index in [1.807, 2.05) is 5.38 Å². The standard InChI is InChI=1S/C10H13NO2S/c1-13-4-7-2-8(10(12)3-7)9-5-14-6-11-9/h5-8H,2-4H2,1H3. The van der Waals surface area contributed by atoms with Gasteiger partial charge in [0, 0.05) is 25.5 Å². The number of Topliss-reactive ketones (excluding diaryl/α,β-unsaturated/α-hetero) is 1. The van der Waals surface area contributed by atoms with Gasteiger partial charge in [-0.25, -0.2) is 4.98 Å². The third-order valence-corrected chi connectivity index (χ3v) is 3.26. The summed E-state index contributed by atoms with van der Waals surface area (Å²) in [6.07, 6.45) is 1.55. The number of aromatic nitrogens is 1. The number of rotatable bonds is 3. The molecule has 0 spiro atoms. The molecule has 1 aromatic heterocycles. The monoisotopic (exact) mass is 211 g/mol. The summed E-state index contributed by atoms with van der Waals surface area (Å²) in [6.45, 7) is 0.687. The van der Waals surface area contributed by atoms with Crippen LogP contribution < -0.4 is 0 Å². The van der Waals surface area contributed by atoms with Crippen molar-refractivity contribution in [2.45, 2.75) is 18.8 Å². The Kier molecular flexibility index (Phi) is 2.93. The second kappa shape index (κ2) is 4.19. The number of nitrogens with zero attached hydrogens (tertiary/aromatic N) is 1. The molecule has 1 aliphatic rings. The summed E-state index contributed by atoms with van der Waals surface area (Å²) in [6, 6.07) is 0. The highest BCUT2D eigenvalue weighted by Crippen LogP contribution is 2.35. The number of methoxy groups -OCH3 is 1. The first-order chi connectivity index (χ1) is 6.81. The molecule has 14 heavy (non-hydrogen) atoms. The molecule has 2 rings (SSSR count). The van der Waals surface area contributed by atoms with Gasteiger partial charge < -0.3 is 4.74 Å². The third-order valence-electron chi connectivity index (χ3n) is 2.66. The van der Waals surface area contributed by atoms with Gasteiger partial charge in [-0.1, -0.05) is 0 Å². The van der Waals surface area contributed by atoms with Crippen LogP contribution in [0.4, 0.5) is 0 Å². The van der Waals surface area contributed by atoms with E-state index in [4.69, 9.17) is 4.74 Å². The van der Waals surface area contributed by atoms with E-state index in [1.165, 1.54) is 0 Å². The maximum atomic E-state index is 11.7. The molecule has 0 aliphatic heterocycles. The highest BCUT2D eigenvalue weighted by molar-refractivity contribution is 7.07. The average molecular weight is 211 g/mol. The van der Waals surface area contributed by atoms with E-state index in [9.17, 15) is 4.79 Å². The Morgan fingerprint density at radius 2 is 2.57 bits per heavy atom. The van der Waals surface area contributed by atoms with Crippen molar-refractivity contribution in [1.82, 2.24) is 4.98 Å². The van der Waals surface area contributed by atoms with E-state index in [1.54, 1.807) is 24.0 Å². The number of carbonyl (C=O) groups is 1. The van der Waals surface area contributed by atoms with E-state index in [0.717, 1.165) is 12.1 Å². The maximum absolute atomic E-state index is 11.7. The Morgan fingerprint density at radius 3 is 3.21 bits per heavy atom. The van der Waals surface area contributed by atoms with Gasteiger partial charge in [0.05, 0.1) is 17.1 Å². The number of hydrogen-bond acceptors (Lipinski definition) is 4. The molecular weight excluding hydrogens is 198 g/mol. The highest BCUT2D eigenvalue weighted by atomic mass is 32.1. The van der Waals surface area contributed by atoms with Crippen molar-refractivity contribution in [2.75, 3.05) is 13.7 Å². The van der Waals surface area contributed by atoms with E-state index in [-0.39, 0.29) is 5.92 Å². The van der Waals surface area contributed by atoms with E-state index < -0.39 is 0 Å². The van der Waals surface area contributed by atoms with Gasteiger partial charge in [-0.05, 0) is 12.3 Å². The van der Waals surface area contributed by atoms with Crippen molar-refractivity contribution in [3.05, 3.63) is 16.6 Å². The third kappa shape index (κ3) is 1.86. The van der Waals surface area contributed by atoms with Gasteiger partial charge in [-0.3, -0.25) is 4.79 Å². The first-order valence-corrected chi connectivity index (χ1v) is 5.65. The topological polar surface area (TPSA) is 39.2 Å². The van der Waals surface area contributed by atoms with Crippen LogP contribution in [0.25, 0.3) is 0 Å². The number of thiazole rings is 1. The number of hydrogen-bond donors (Lipinski definition) is 0. The quantitative estimate of drug-likeness (QED) is 0.766. The Hall–Kier alpha value is -0.740. The van der Waals surface area contributed by atoms with Crippen molar-refractivity contribution in [3.63, 3.8) is 0 Å². The summed E-state index contributed by atoms with van der Waals surface area (Å²) in [5.74, 6) is 0.735. The molecule has 1 saturated carbocycles. The van der Waals surface area contributed by atoms with Crippen LogP contribution in [0.5, 0.6) is 0 Å². The van der Waals surface area contributed by atoms with Gasteiger partial charge in [-0.15, -0.1) is 11.3 Å². The van der Waals surface area contributed by atoms with Crippen LogP contribution >= 0.6 is 11.3 Å². The lowest BCUT2D eigenvalue weighted by atomic mass is 10.0. The molecule has 0 amide bonds. The summed E-state index contributed by atoms with van der Waals surface area (Å²) in [7, 11) is 1.68. The zero-order valence-corrected chi connectivity index (χ0v) is 8.92. The van der Waals surface area contributed by atoms with E-state index in [0.29, 0.717) is 24.7 Å². The van der Waals surface area contributed by atoms with Gasteiger partial charge in [0.15, 0.2) is 0 Å². The fraction of sp³-hybridized carbons (Fsp3) is 0.600. The first kappa shape index (κ1) is 9.80. The van der Waals surface area contributed by atoms with Crippen molar-refractivity contribution in [2.24, 2.45) is 5.92 Å². The molecule has 1 aromatic rings. The molecule has 0 N–H and O–H groups in total. The highest BCUT2D eigenvalue weighted by Gasteiger charge is 2.34. The lowest BCUT2D eigenvalue weighted by Gasteiger charge is -2.06. The SMILES string of the molecule is COCC1CC(=O)C(c2cscn2)C1. The molecule has 0 radical (unpaired) electrons. The molecule has 2 atom stereocenters. The van der Waals surface area contributed by atoms with Crippen LogP contribution in [0.3, 0.4) is 0 Å². The van der Waals surface area contributed by atoms with Crippen LogP contribution in [0.1, 0.15) is 24.5 Å². The number of ketones is 1. The van der Waals surface area contributed by atoms with Crippen LogP contribution in [0, 0.1) is 5.92 Å². The smallest absolute Gasteiger partial charge is 0.142 e. The van der Waals surface area contributed by atoms with E-state index in [2.05, 4.69) is 4.98 Å². The second-order valence-corrected chi connectivity index (χ2v) is 4.41. The van der Waals surface area contributed by atoms with Crippen LogP contribution in [0.2, 0.25) is 0 Å². The minimum atomic E-state index is 0.0291. The predicted molar refractivity (Wildman–Crippen MR) is 54.5 cm³/mol. The summed E-state index contributed by atoms with van der Waals surface area (Å²) in [5.41, 5.74) is 2.73. The van der Waals surface area contributed by atoms with Gasteiger partial charge >= 0.3 is 0 Å². The molecular formula is C10H13NO2S. The predicted octanol–water partition coefficient (Wildman–Crippen LogP) is 1.85. The molecule has 0 aromatic carbocycles. The Labute approximate surface area is 87.1 Å². The molecule has 1 heterocycles. The minimum Gasteiger partial charge on any atom is -0.384 e. The molecule has 2 unspecified atom stereocenters. The van der Waals surface area contributed by atoms with Gasteiger partial charge in [0.25, 0.3) is 0 Å². The summed E-state index contributed by atoms with van der Waals surface area (Å²) in [4.78, 5) is 15.9. The number of carbonyl (C=O) groups excluding carboxylic acids is 1. The van der Waals surface area contributed by atoms with Gasteiger partial charge in [0.2, 0.25) is 0 Å². The van der Waals surface area contributed by atoms with Crippen molar-refractivity contribution >= 4 is 17.1 Å². The van der Waals surface area contributed by atoms with E-state index >= 15 is 0 Å². The maximum Gasteiger partial charge on any atom is 0.142 e. The lowest BCUT2D eigenvalue weighted by molar-refractivity contribution is -0.119. The largest absolute Gasteiger partial charge is 0.384 e. The van der Waals surface area contributed by atoms with Crippen LogP contribution in [-0.4, -0.2) is 24.5 Å².